The molecular weight excluding hydrogens is 234 g/mol. The lowest BCUT2D eigenvalue weighted by Crippen LogP contribution is -2.19. The van der Waals surface area contributed by atoms with Crippen LogP contribution in [0.3, 0.4) is 0 Å². The van der Waals surface area contributed by atoms with Gasteiger partial charge in [-0.3, -0.25) is 0 Å². The monoisotopic (exact) mass is 261 g/mol. The Morgan fingerprint density at radius 2 is 2.21 bits per heavy atom. The molecule has 0 amide bonds. The van der Waals surface area contributed by atoms with Crippen molar-refractivity contribution in [3.8, 4) is 0 Å². The van der Waals surface area contributed by atoms with E-state index in [1.165, 1.54) is 24.2 Å². The van der Waals surface area contributed by atoms with Crippen LogP contribution in [0.15, 0.2) is 22.1 Å². The lowest BCUT2D eigenvalue weighted by Gasteiger charge is -2.11. The molecule has 1 aromatic rings. The highest BCUT2D eigenvalue weighted by Crippen LogP contribution is 2.47. The maximum absolute atomic E-state index is 5.96. The van der Waals surface area contributed by atoms with E-state index in [4.69, 9.17) is 4.42 Å². The molecule has 2 nitrogen and oxygen atoms in total. The number of hydrogen-bond acceptors (Lipinski definition) is 2. The van der Waals surface area contributed by atoms with Crippen LogP contribution in [-0.4, -0.2) is 13.1 Å². The SMILES string of the molecule is CCCNCC(=Cc1ccc(C2CC2C)o1)C(C)C. The fourth-order valence-corrected chi connectivity index (χ4v) is 2.38. The van der Waals surface area contributed by atoms with Gasteiger partial charge in [0.05, 0.1) is 0 Å². The van der Waals surface area contributed by atoms with E-state index in [1.807, 2.05) is 0 Å². The van der Waals surface area contributed by atoms with Gasteiger partial charge in [0.2, 0.25) is 0 Å². The lowest BCUT2D eigenvalue weighted by molar-refractivity contribution is 0.496. The Bertz CT molecular complexity index is 430. The van der Waals surface area contributed by atoms with E-state index in [-0.39, 0.29) is 0 Å². The zero-order valence-electron chi connectivity index (χ0n) is 12.7. The third-order valence-electron chi connectivity index (χ3n) is 3.95. The molecule has 19 heavy (non-hydrogen) atoms. The predicted molar refractivity (Wildman–Crippen MR) is 81.2 cm³/mol. The van der Waals surface area contributed by atoms with Crippen molar-refractivity contribution in [2.45, 2.75) is 46.5 Å². The molecule has 0 spiro atoms. The van der Waals surface area contributed by atoms with Gasteiger partial charge in [-0.2, -0.15) is 0 Å². The van der Waals surface area contributed by atoms with Crippen LogP contribution >= 0.6 is 0 Å². The standard InChI is InChI=1S/C17H27NO/c1-5-8-18-11-14(12(2)3)10-15-6-7-17(19-15)16-9-13(16)4/h6-7,10,12-13,16,18H,5,8-9,11H2,1-4H3. The normalized spacial score (nSPS) is 23.1. The van der Waals surface area contributed by atoms with Crippen LogP contribution in [0.1, 0.15) is 58.0 Å². The fraction of sp³-hybridized carbons (Fsp3) is 0.647. The number of furan rings is 1. The summed E-state index contributed by atoms with van der Waals surface area (Å²) in [5.74, 6) is 4.21. The Morgan fingerprint density at radius 1 is 1.47 bits per heavy atom. The Morgan fingerprint density at radius 3 is 2.79 bits per heavy atom. The van der Waals surface area contributed by atoms with Crippen LogP contribution in [-0.2, 0) is 0 Å². The first-order valence-corrected chi connectivity index (χ1v) is 7.62. The summed E-state index contributed by atoms with van der Waals surface area (Å²) in [4.78, 5) is 0. The smallest absolute Gasteiger partial charge is 0.127 e. The van der Waals surface area contributed by atoms with Crippen LogP contribution < -0.4 is 5.32 Å². The molecule has 2 atom stereocenters. The van der Waals surface area contributed by atoms with Crippen molar-refractivity contribution in [3.05, 3.63) is 29.2 Å². The van der Waals surface area contributed by atoms with E-state index in [0.29, 0.717) is 11.8 Å². The highest BCUT2D eigenvalue weighted by atomic mass is 16.3. The molecule has 0 radical (unpaired) electrons. The maximum Gasteiger partial charge on any atom is 0.127 e. The van der Waals surface area contributed by atoms with Crippen molar-refractivity contribution in [2.75, 3.05) is 13.1 Å². The Labute approximate surface area is 117 Å². The molecule has 2 rings (SSSR count). The van der Waals surface area contributed by atoms with Crippen molar-refractivity contribution in [3.63, 3.8) is 0 Å². The second-order valence-corrected chi connectivity index (χ2v) is 6.11. The number of nitrogens with one attached hydrogen (secondary N) is 1. The molecule has 0 aliphatic heterocycles. The maximum atomic E-state index is 5.96. The summed E-state index contributed by atoms with van der Waals surface area (Å²) >= 11 is 0. The summed E-state index contributed by atoms with van der Waals surface area (Å²) in [5, 5.41) is 3.48. The topological polar surface area (TPSA) is 25.2 Å². The molecule has 1 saturated carbocycles. The Balaban J connectivity index is 2.01. The van der Waals surface area contributed by atoms with Gasteiger partial charge < -0.3 is 9.73 Å². The lowest BCUT2D eigenvalue weighted by atomic mass is 10.0. The van der Waals surface area contributed by atoms with Crippen LogP contribution in [0.5, 0.6) is 0 Å². The van der Waals surface area contributed by atoms with Gasteiger partial charge in [0.25, 0.3) is 0 Å². The quantitative estimate of drug-likeness (QED) is 0.734. The highest BCUT2D eigenvalue weighted by molar-refractivity contribution is 5.49. The summed E-state index contributed by atoms with van der Waals surface area (Å²) in [6.07, 6.45) is 4.67. The molecule has 1 N–H and O–H groups in total. The third kappa shape index (κ3) is 3.97. The van der Waals surface area contributed by atoms with Gasteiger partial charge in [-0.25, -0.2) is 0 Å². The molecule has 0 aromatic carbocycles. The zero-order chi connectivity index (χ0) is 13.8. The summed E-state index contributed by atoms with van der Waals surface area (Å²) < 4.78 is 5.96. The molecule has 1 aliphatic carbocycles. The van der Waals surface area contributed by atoms with Crippen LogP contribution in [0, 0.1) is 11.8 Å². The van der Waals surface area contributed by atoms with Gasteiger partial charge in [-0.1, -0.05) is 33.3 Å². The molecule has 0 saturated heterocycles. The van der Waals surface area contributed by atoms with Gasteiger partial charge in [0.1, 0.15) is 11.5 Å². The summed E-state index contributed by atoms with van der Waals surface area (Å²) in [7, 11) is 0. The average molecular weight is 261 g/mol. The third-order valence-corrected chi connectivity index (χ3v) is 3.95. The Kier molecular flexibility index (Phi) is 4.87. The van der Waals surface area contributed by atoms with Gasteiger partial charge in [-0.15, -0.1) is 0 Å². The van der Waals surface area contributed by atoms with Crippen LogP contribution in [0.4, 0.5) is 0 Å². The minimum absolute atomic E-state index is 0.553. The number of rotatable bonds is 7. The predicted octanol–water partition coefficient (Wildman–Crippen LogP) is 4.44. The van der Waals surface area contributed by atoms with Crippen LogP contribution in [0.25, 0.3) is 6.08 Å². The van der Waals surface area contributed by atoms with Crippen molar-refractivity contribution in [1.29, 1.82) is 0 Å². The molecule has 1 aromatic heterocycles. The second kappa shape index (κ2) is 6.42. The van der Waals surface area contributed by atoms with Crippen molar-refractivity contribution < 1.29 is 4.42 Å². The summed E-state index contributed by atoms with van der Waals surface area (Å²) in [5.41, 5.74) is 1.41. The molecule has 1 aliphatic rings. The molecule has 2 unspecified atom stereocenters. The highest BCUT2D eigenvalue weighted by Gasteiger charge is 2.36. The first-order valence-electron chi connectivity index (χ1n) is 7.62. The molecule has 1 heterocycles. The zero-order valence-corrected chi connectivity index (χ0v) is 12.7. The van der Waals surface area contributed by atoms with E-state index >= 15 is 0 Å². The van der Waals surface area contributed by atoms with E-state index in [9.17, 15) is 0 Å². The largest absolute Gasteiger partial charge is 0.461 e. The molecule has 0 bridgehead atoms. The molecule has 1 fully saturated rings. The van der Waals surface area contributed by atoms with E-state index in [0.717, 1.165) is 24.8 Å². The minimum Gasteiger partial charge on any atom is -0.461 e. The molecule has 106 valence electrons. The van der Waals surface area contributed by atoms with Crippen molar-refractivity contribution in [1.82, 2.24) is 5.32 Å². The number of hydrogen-bond donors (Lipinski definition) is 1. The van der Waals surface area contributed by atoms with E-state index in [1.54, 1.807) is 0 Å². The van der Waals surface area contributed by atoms with Crippen LogP contribution in [0.2, 0.25) is 0 Å². The Hall–Kier alpha value is -1.02. The second-order valence-electron chi connectivity index (χ2n) is 6.11. The van der Waals surface area contributed by atoms with Gasteiger partial charge in [0.15, 0.2) is 0 Å². The van der Waals surface area contributed by atoms with E-state index < -0.39 is 0 Å². The van der Waals surface area contributed by atoms with Gasteiger partial charge >= 0.3 is 0 Å². The van der Waals surface area contributed by atoms with Gasteiger partial charge in [-0.05, 0) is 49.4 Å². The summed E-state index contributed by atoms with van der Waals surface area (Å²) in [6, 6.07) is 4.26. The minimum atomic E-state index is 0.553. The van der Waals surface area contributed by atoms with Crippen molar-refractivity contribution in [2.24, 2.45) is 11.8 Å². The first kappa shape index (κ1) is 14.4. The van der Waals surface area contributed by atoms with E-state index in [2.05, 4.69) is 51.2 Å². The molecule has 2 heteroatoms. The molecular formula is C17H27NO. The first-order chi connectivity index (χ1) is 9.11. The van der Waals surface area contributed by atoms with Crippen molar-refractivity contribution >= 4 is 6.08 Å². The fourth-order valence-electron chi connectivity index (χ4n) is 2.38. The summed E-state index contributed by atoms with van der Waals surface area (Å²) in [6.45, 7) is 11.0. The average Bonchev–Trinajstić information content (AvgIpc) is 2.91. The van der Waals surface area contributed by atoms with Gasteiger partial charge in [0, 0.05) is 12.5 Å².